The van der Waals surface area contributed by atoms with E-state index in [0.717, 1.165) is 30.1 Å². The van der Waals surface area contributed by atoms with Gasteiger partial charge in [-0.1, -0.05) is 43.7 Å². The van der Waals surface area contributed by atoms with Gasteiger partial charge in [0, 0.05) is 13.5 Å². The van der Waals surface area contributed by atoms with E-state index < -0.39 is 0 Å². The van der Waals surface area contributed by atoms with Crippen molar-refractivity contribution in [3.8, 4) is 0 Å². The van der Waals surface area contributed by atoms with Crippen molar-refractivity contribution in [3.05, 3.63) is 16.4 Å². The van der Waals surface area contributed by atoms with E-state index in [9.17, 15) is 5.11 Å². The third kappa shape index (κ3) is 3.96. The number of hydrogen-bond acceptors (Lipinski definition) is 2. The summed E-state index contributed by atoms with van der Waals surface area (Å²) in [5.41, 5.74) is 1.80. The minimum Gasteiger partial charge on any atom is -0.393 e. The van der Waals surface area contributed by atoms with Crippen LogP contribution in [0, 0.1) is 12.8 Å². The first-order chi connectivity index (χ1) is 9.08. The Morgan fingerprint density at radius 2 is 2.05 bits per heavy atom. The van der Waals surface area contributed by atoms with Gasteiger partial charge < -0.3 is 5.11 Å². The molecule has 1 fully saturated rings. The van der Waals surface area contributed by atoms with Gasteiger partial charge in [0.25, 0.3) is 0 Å². The lowest BCUT2D eigenvalue weighted by Gasteiger charge is -2.22. The van der Waals surface area contributed by atoms with Crippen molar-refractivity contribution in [1.29, 1.82) is 0 Å². The molecule has 1 aromatic rings. The molecular weight excluding hydrogens is 260 g/mol. The van der Waals surface area contributed by atoms with Crippen molar-refractivity contribution in [3.63, 3.8) is 0 Å². The van der Waals surface area contributed by atoms with Crippen molar-refractivity contribution >= 4 is 11.6 Å². The number of nitrogens with zero attached hydrogens (tertiary/aromatic N) is 2. The van der Waals surface area contributed by atoms with Gasteiger partial charge in [0.05, 0.1) is 22.5 Å². The fourth-order valence-electron chi connectivity index (χ4n) is 3.13. The van der Waals surface area contributed by atoms with Crippen molar-refractivity contribution in [2.45, 2.75) is 64.4 Å². The number of aryl methyl sites for hydroxylation is 2. The van der Waals surface area contributed by atoms with Crippen molar-refractivity contribution in [2.24, 2.45) is 13.0 Å². The van der Waals surface area contributed by atoms with Crippen molar-refractivity contribution < 1.29 is 5.11 Å². The molecule has 1 aromatic heterocycles. The zero-order valence-corrected chi connectivity index (χ0v) is 12.8. The first-order valence-corrected chi connectivity index (χ1v) is 7.81. The van der Waals surface area contributed by atoms with Crippen LogP contribution in [0.25, 0.3) is 0 Å². The number of rotatable bonds is 5. The molecule has 19 heavy (non-hydrogen) atoms. The van der Waals surface area contributed by atoms with Gasteiger partial charge in [-0.2, -0.15) is 5.10 Å². The standard InChI is InChI=1S/C15H25ClN2O/c1-11-15(16)14(18(2)17-11)10-13(19)9-8-12-6-4-3-5-7-12/h12-13,19H,3-10H2,1-2H3. The van der Waals surface area contributed by atoms with Crippen LogP contribution in [0.2, 0.25) is 5.02 Å². The summed E-state index contributed by atoms with van der Waals surface area (Å²) in [5, 5.41) is 15.2. The van der Waals surface area contributed by atoms with Crippen LogP contribution in [-0.4, -0.2) is 21.0 Å². The van der Waals surface area contributed by atoms with Gasteiger partial charge in [-0.15, -0.1) is 0 Å². The minimum atomic E-state index is -0.297. The Bertz CT molecular complexity index is 411. The molecule has 1 atom stereocenters. The second kappa shape index (κ2) is 6.76. The highest BCUT2D eigenvalue weighted by molar-refractivity contribution is 6.31. The van der Waals surface area contributed by atoms with Crippen LogP contribution in [0.3, 0.4) is 0 Å². The van der Waals surface area contributed by atoms with Crippen LogP contribution in [0.5, 0.6) is 0 Å². The Hall–Kier alpha value is -0.540. The second-order valence-corrected chi connectivity index (χ2v) is 6.29. The van der Waals surface area contributed by atoms with E-state index in [4.69, 9.17) is 11.6 Å². The second-order valence-electron chi connectivity index (χ2n) is 5.91. The van der Waals surface area contributed by atoms with E-state index in [1.165, 1.54) is 32.1 Å². The summed E-state index contributed by atoms with van der Waals surface area (Å²) in [5.74, 6) is 0.826. The maximum absolute atomic E-state index is 10.2. The summed E-state index contributed by atoms with van der Waals surface area (Å²) in [4.78, 5) is 0. The molecule has 0 saturated heterocycles. The van der Waals surface area contributed by atoms with Crippen LogP contribution < -0.4 is 0 Å². The van der Waals surface area contributed by atoms with Crippen molar-refractivity contribution in [2.75, 3.05) is 0 Å². The lowest BCUT2D eigenvalue weighted by atomic mass is 9.85. The quantitative estimate of drug-likeness (QED) is 0.896. The maximum Gasteiger partial charge on any atom is 0.0847 e. The summed E-state index contributed by atoms with van der Waals surface area (Å²) in [6.07, 6.45) is 9.17. The highest BCUT2D eigenvalue weighted by Gasteiger charge is 2.18. The summed E-state index contributed by atoms with van der Waals surface area (Å²) < 4.78 is 1.79. The van der Waals surface area contributed by atoms with Gasteiger partial charge in [0.1, 0.15) is 0 Å². The predicted molar refractivity (Wildman–Crippen MR) is 78.5 cm³/mol. The number of aliphatic hydroxyl groups is 1. The number of hydrogen-bond donors (Lipinski definition) is 1. The van der Waals surface area contributed by atoms with Gasteiger partial charge in [0.15, 0.2) is 0 Å². The summed E-state index contributed by atoms with van der Waals surface area (Å²) in [7, 11) is 1.89. The zero-order valence-electron chi connectivity index (χ0n) is 12.0. The van der Waals surface area contributed by atoms with Gasteiger partial charge in [0.2, 0.25) is 0 Å². The highest BCUT2D eigenvalue weighted by atomic mass is 35.5. The molecule has 0 bridgehead atoms. The predicted octanol–water partition coefficient (Wildman–Crippen LogP) is 3.65. The Labute approximate surface area is 121 Å². The topological polar surface area (TPSA) is 38.0 Å². The number of aromatic nitrogens is 2. The average molecular weight is 285 g/mol. The largest absolute Gasteiger partial charge is 0.393 e. The molecule has 0 spiro atoms. The number of halogens is 1. The first kappa shape index (κ1) is 14.9. The monoisotopic (exact) mass is 284 g/mol. The molecule has 0 radical (unpaired) electrons. The molecule has 1 aliphatic rings. The third-order valence-electron chi connectivity index (χ3n) is 4.32. The molecule has 0 aliphatic heterocycles. The summed E-state index contributed by atoms with van der Waals surface area (Å²) in [6, 6.07) is 0. The van der Waals surface area contributed by atoms with E-state index in [0.29, 0.717) is 11.4 Å². The molecule has 0 aromatic carbocycles. The molecule has 2 rings (SSSR count). The summed E-state index contributed by atoms with van der Waals surface area (Å²) in [6.45, 7) is 1.90. The van der Waals surface area contributed by atoms with E-state index in [-0.39, 0.29) is 6.10 Å². The Morgan fingerprint density at radius 1 is 1.37 bits per heavy atom. The zero-order chi connectivity index (χ0) is 13.8. The SMILES string of the molecule is Cc1nn(C)c(CC(O)CCC2CCCCC2)c1Cl. The minimum absolute atomic E-state index is 0.297. The van der Waals surface area contributed by atoms with Gasteiger partial charge in [-0.25, -0.2) is 0 Å². The van der Waals surface area contributed by atoms with E-state index >= 15 is 0 Å². The van der Waals surface area contributed by atoms with Crippen LogP contribution in [-0.2, 0) is 13.5 Å². The number of aliphatic hydroxyl groups excluding tert-OH is 1. The Balaban J connectivity index is 1.81. The Morgan fingerprint density at radius 3 is 2.63 bits per heavy atom. The molecular formula is C15H25ClN2O. The van der Waals surface area contributed by atoms with Crippen molar-refractivity contribution in [1.82, 2.24) is 9.78 Å². The molecule has 1 unspecified atom stereocenters. The molecule has 1 aliphatic carbocycles. The molecule has 1 saturated carbocycles. The van der Waals surface area contributed by atoms with E-state index in [1.54, 1.807) is 4.68 Å². The third-order valence-corrected chi connectivity index (χ3v) is 4.82. The van der Waals surface area contributed by atoms with E-state index in [1.807, 2.05) is 14.0 Å². The lowest BCUT2D eigenvalue weighted by Crippen LogP contribution is -2.16. The van der Waals surface area contributed by atoms with Gasteiger partial charge in [-0.3, -0.25) is 4.68 Å². The molecule has 108 valence electrons. The van der Waals surface area contributed by atoms with Gasteiger partial charge in [-0.05, 0) is 25.7 Å². The van der Waals surface area contributed by atoms with Crippen LogP contribution in [0.1, 0.15) is 56.3 Å². The smallest absolute Gasteiger partial charge is 0.0847 e. The summed E-state index contributed by atoms with van der Waals surface area (Å²) >= 11 is 6.21. The molecule has 4 heteroatoms. The fraction of sp³-hybridized carbons (Fsp3) is 0.800. The van der Waals surface area contributed by atoms with E-state index in [2.05, 4.69) is 5.10 Å². The lowest BCUT2D eigenvalue weighted by molar-refractivity contribution is 0.147. The van der Waals surface area contributed by atoms with Crippen LogP contribution >= 0.6 is 11.6 Å². The first-order valence-electron chi connectivity index (χ1n) is 7.44. The maximum atomic E-state index is 10.2. The molecule has 0 amide bonds. The highest BCUT2D eigenvalue weighted by Crippen LogP contribution is 2.28. The van der Waals surface area contributed by atoms with Crippen LogP contribution in [0.4, 0.5) is 0 Å². The van der Waals surface area contributed by atoms with Gasteiger partial charge >= 0.3 is 0 Å². The normalized spacial score (nSPS) is 18.7. The molecule has 3 nitrogen and oxygen atoms in total. The fourth-order valence-corrected chi connectivity index (χ4v) is 3.37. The molecule has 1 N–H and O–H groups in total. The van der Waals surface area contributed by atoms with Crippen LogP contribution in [0.15, 0.2) is 0 Å². The molecule has 1 heterocycles. The Kier molecular flexibility index (Phi) is 5.28. The average Bonchev–Trinajstić information content (AvgIpc) is 2.64.